The first kappa shape index (κ1) is 26.3. The average molecular weight is 573 g/mol. The number of benzene rings is 3. The van der Waals surface area contributed by atoms with Gasteiger partial charge in [0.1, 0.15) is 0 Å². The summed E-state index contributed by atoms with van der Waals surface area (Å²) in [6.07, 6.45) is 0. The summed E-state index contributed by atoms with van der Waals surface area (Å²) in [5, 5.41) is 40.2. The smallest absolute Gasteiger partial charge is 0.324 e. The Morgan fingerprint density at radius 1 is 0.688 bits per heavy atom. The first-order valence-corrected chi connectivity index (χ1v) is 9.84. The lowest BCUT2D eigenvalue weighted by Gasteiger charge is -1.97. The number of phenols is 1. The molecule has 0 spiro atoms. The molecule has 0 amide bonds. The minimum Gasteiger partial charge on any atom is -0.497 e. The van der Waals surface area contributed by atoms with Crippen LogP contribution in [0.3, 0.4) is 0 Å². The molecule has 0 unspecified atom stereocenters. The van der Waals surface area contributed by atoms with Crippen molar-refractivity contribution in [1.82, 2.24) is 0 Å². The highest BCUT2D eigenvalue weighted by Crippen LogP contribution is 2.38. The Morgan fingerprint density at radius 2 is 1.03 bits per heavy atom. The van der Waals surface area contributed by atoms with E-state index >= 15 is 0 Å². The Morgan fingerprint density at radius 3 is 1.25 bits per heavy atom. The van der Waals surface area contributed by atoms with E-state index in [4.69, 9.17) is 16.6 Å². The standard InChI is InChI=1S/2C6H6BrN.C6H3N3O7/c2*7-5-3-1-2-4-6(5)8;10-6-4(8(13)14)1-3(7(11)12)2-5(6)9(15)16/h2*1-4H,8H2;1-2,10H. The molecule has 0 atom stereocenters. The van der Waals surface area contributed by atoms with Gasteiger partial charge in [0, 0.05) is 20.3 Å². The zero-order valence-corrected chi connectivity index (χ0v) is 19.1. The van der Waals surface area contributed by atoms with Crippen molar-refractivity contribution in [3.05, 3.63) is 100.0 Å². The van der Waals surface area contributed by atoms with Crippen LogP contribution in [0, 0.1) is 30.3 Å². The maximum absolute atomic E-state index is 10.4. The fourth-order valence-corrected chi connectivity index (χ4v) is 2.49. The SMILES string of the molecule is Nc1ccccc1Br.Nc1ccccc1Br.O=[N+]([O-])c1cc([N+](=O)[O-])c(O)c([N+](=O)[O-])c1. The van der Waals surface area contributed by atoms with Gasteiger partial charge in [0.25, 0.3) is 11.4 Å². The number of nitro benzene ring substituents is 3. The first-order valence-electron chi connectivity index (χ1n) is 8.25. The van der Waals surface area contributed by atoms with Crippen LogP contribution < -0.4 is 11.5 Å². The number of aromatic hydroxyl groups is 1. The summed E-state index contributed by atoms with van der Waals surface area (Å²) in [6, 6.07) is 16.1. The third kappa shape index (κ3) is 7.81. The minimum atomic E-state index is -1.21. The number of anilines is 2. The van der Waals surface area contributed by atoms with E-state index in [1.54, 1.807) is 0 Å². The van der Waals surface area contributed by atoms with E-state index in [0.717, 1.165) is 20.3 Å². The Bertz CT molecular complexity index is 1020. The fraction of sp³-hybridized carbons (Fsp3) is 0. The topological polar surface area (TPSA) is 202 Å². The first-order chi connectivity index (χ1) is 15.0. The predicted octanol–water partition coefficient (Wildman–Crippen LogP) is 5.18. The van der Waals surface area contributed by atoms with Crippen LogP contribution in [0.4, 0.5) is 28.4 Å². The van der Waals surface area contributed by atoms with E-state index in [-0.39, 0.29) is 0 Å². The highest BCUT2D eigenvalue weighted by Gasteiger charge is 2.30. The molecule has 0 aliphatic heterocycles. The van der Waals surface area contributed by atoms with E-state index in [1.807, 2.05) is 48.5 Å². The van der Waals surface area contributed by atoms with Gasteiger partial charge in [-0.2, -0.15) is 0 Å². The second kappa shape index (κ2) is 12.2. The molecule has 168 valence electrons. The van der Waals surface area contributed by atoms with Crippen LogP contribution in [0.2, 0.25) is 0 Å². The minimum absolute atomic E-state index is 0.447. The molecular formula is C18H15Br2N5O7. The Hall–Kier alpha value is -3.78. The molecule has 0 bridgehead atoms. The van der Waals surface area contributed by atoms with E-state index < -0.39 is 37.6 Å². The second-order valence-electron chi connectivity index (χ2n) is 5.65. The third-order valence-electron chi connectivity index (χ3n) is 3.47. The van der Waals surface area contributed by atoms with Crippen LogP contribution >= 0.6 is 31.9 Å². The third-order valence-corrected chi connectivity index (χ3v) is 4.91. The Balaban J connectivity index is 0.000000267. The number of nitrogens with two attached hydrogens (primary N) is 2. The van der Waals surface area contributed by atoms with E-state index in [9.17, 15) is 30.3 Å². The van der Waals surface area contributed by atoms with Gasteiger partial charge in [0.15, 0.2) is 0 Å². The highest BCUT2D eigenvalue weighted by atomic mass is 79.9. The van der Waals surface area contributed by atoms with E-state index in [1.165, 1.54) is 0 Å². The zero-order chi connectivity index (χ0) is 24.4. The lowest BCUT2D eigenvalue weighted by molar-refractivity contribution is -0.404. The molecule has 0 saturated carbocycles. The van der Waals surface area contributed by atoms with Crippen molar-refractivity contribution in [2.75, 3.05) is 11.5 Å². The summed E-state index contributed by atoms with van der Waals surface area (Å²) in [5.74, 6) is -1.21. The van der Waals surface area contributed by atoms with Gasteiger partial charge < -0.3 is 16.6 Å². The van der Waals surface area contributed by atoms with Crippen LogP contribution in [-0.2, 0) is 0 Å². The van der Waals surface area contributed by atoms with Gasteiger partial charge in [-0.15, -0.1) is 0 Å². The number of nitro groups is 3. The van der Waals surface area contributed by atoms with Crippen molar-refractivity contribution in [2.45, 2.75) is 0 Å². The molecule has 3 rings (SSSR count). The van der Waals surface area contributed by atoms with Crippen LogP contribution in [0.15, 0.2) is 69.6 Å². The van der Waals surface area contributed by atoms with Crippen molar-refractivity contribution in [1.29, 1.82) is 0 Å². The molecule has 0 saturated heterocycles. The maximum Gasteiger partial charge on any atom is 0.324 e. The zero-order valence-electron chi connectivity index (χ0n) is 15.9. The van der Waals surface area contributed by atoms with Crippen molar-refractivity contribution in [3.8, 4) is 5.75 Å². The summed E-state index contributed by atoms with van der Waals surface area (Å²) < 4.78 is 1.92. The van der Waals surface area contributed by atoms with Crippen molar-refractivity contribution < 1.29 is 19.9 Å². The Labute approximate surface area is 197 Å². The van der Waals surface area contributed by atoms with Crippen molar-refractivity contribution in [2.24, 2.45) is 0 Å². The van der Waals surface area contributed by atoms with Gasteiger partial charge in [-0.05, 0) is 56.1 Å². The van der Waals surface area contributed by atoms with Crippen LogP contribution in [0.1, 0.15) is 0 Å². The molecule has 3 aromatic rings. The number of hydrogen-bond donors (Lipinski definition) is 3. The number of para-hydroxylation sites is 2. The van der Waals surface area contributed by atoms with Crippen LogP contribution in [-0.4, -0.2) is 19.9 Å². The second-order valence-corrected chi connectivity index (χ2v) is 7.36. The van der Waals surface area contributed by atoms with Crippen LogP contribution in [0.5, 0.6) is 5.75 Å². The lowest BCUT2D eigenvalue weighted by Crippen LogP contribution is -1.97. The average Bonchev–Trinajstić information content (AvgIpc) is 2.73. The van der Waals surface area contributed by atoms with Gasteiger partial charge in [0.05, 0.1) is 26.9 Å². The molecule has 14 heteroatoms. The summed E-state index contributed by atoms with van der Waals surface area (Å²) in [6.45, 7) is 0. The normalized spacial score (nSPS) is 9.44. The molecule has 0 aliphatic carbocycles. The Kier molecular flexibility index (Phi) is 9.98. The molecule has 0 radical (unpaired) electrons. The van der Waals surface area contributed by atoms with E-state index in [2.05, 4.69) is 31.9 Å². The van der Waals surface area contributed by atoms with E-state index in [0.29, 0.717) is 12.1 Å². The molecule has 0 heterocycles. The molecule has 5 N–H and O–H groups in total. The van der Waals surface area contributed by atoms with Crippen molar-refractivity contribution in [3.63, 3.8) is 0 Å². The summed E-state index contributed by atoms with van der Waals surface area (Å²) in [4.78, 5) is 27.8. The largest absolute Gasteiger partial charge is 0.497 e. The quantitative estimate of drug-likeness (QED) is 0.214. The number of non-ortho nitro benzene ring substituents is 1. The number of phenolic OH excluding ortho intramolecular Hbond substituents is 1. The molecule has 0 aromatic heterocycles. The maximum atomic E-state index is 10.4. The monoisotopic (exact) mass is 571 g/mol. The van der Waals surface area contributed by atoms with Gasteiger partial charge in [0.2, 0.25) is 0 Å². The highest BCUT2D eigenvalue weighted by molar-refractivity contribution is 9.11. The van der Waals surface area contributed by atoms with Gasteiger partial charge >= 0.3 is 11.4 Å². The number of nitrogens with zero attached hydrogens (tertiary/aromatic N) is 3. The number of hydrogen-bond acceptors (Lipinski definition) is 9. The molecule has 3 aromatic carbocycles. The molecule has 0 fully saturated rings. The van der Waals surface area contributed by atoms with Crippen LogP contribution in [0.25, 0.3) is 0 Å². The van der Waals surface area contributed by atoms with Crippen molar-refractivity contribution >= 4 is 60.3 Å². The molecular weight excluding hydrogens is 558 g/mol. The summed E-state index contributed by atoms with van der Waals surface area (Å²) >= 11 is 6.54. The number of rotatable bonds is 3. The number of halogens is 2. The van der Waals surface area contributed by atoms with Gasteiger partial charge in [-0.1, -0.05) is 24.3 Å². The number of nitrogen functional groups attached to an aromatic ring is 2. The lowest BCUT2D eigenvalue weighted by atomic mass is 10.2. The summed E-state index contributed by atoms with van der Waals surface area (Å²) in [7, 11) is 0. The molecule has 0 aliphatic rings. The fourth-order valence-electron chi connectivity index (χ4n) is 1.92. The predicted molar refractivity (Wildman–Crippen MR) is 125 cm³/mol. The molecule has 32 heavy (non-hydrogen) atoms. The van der Waals surface area contributed by atoms with Gasteiger partial charge in [-0.3, -0.25) is 30.3 Å². The summed E-state index contributed by atoms with van der Waals surface area (Å²) in [5.41, 5.74) is 9.51. The van der Waals surface area contributed by atoms with Gasteiger partial charge in [-0.25, -0.2) is 0 Å². The molecule has 12 nitrogen and oxygen atoms in total.